The van der Waals surface area contributed by atoms with E-state index in [2.05, 4.69) is 9.71 Å². The third-order valence-corrected chi connectivity index (χ3v) is 5.09. The molecule has 1 aromatic rings. The van der Waals surface area contributed by atoms with Gasteiger partial charge < -0.3 is 10.1 Å². The maximum Gasteiger partial charge on any atom is 0.310 e. The lowest BCUT2D eigenvalue weighted by Gasteiger charge is -2.27. The Morgan fingerprint density at radius 3 is 2.89 bits per heavy atom. The first-order valence-corrected chi connectivity index (χ1v) is 7.23. The average Bonchev–Trinajstić information content (AvgIpc) is 2.89. The quantitative estimate of drug-likeness (QED) is 0.759. The number of carbonyl (C=O) groups is 1. The Hall–Kier alpha value is -1.34. The van der Waals surface area contributed by atoms with Crippen LogP contribution in [-0.2, 0) is 14.8 Å². The molecular weight excluding hydrogens is 256 g/mol. The van der Waals surface area contributed by atoms with Crippen LogP contribution >= 0.6 is 0 Å². The van der Waals surface area contributed by atoms with Crippen LogP contribution in [0.3, 0.4) is 0 Å². The Morgan fingerprint density at radius 1 is 1.61 bits per heavy atom. The zero-order valence-electron chi connectivity index (χ0n) is 10.0. The van der Waals surface area contributed by atoms with Crippen molar-refractivity contribution in [2.45, 2.75) is 37.1 Å². The molecule has 7 heteroatoms. The molecule has 2 unspecified atom stereocenters. The van der Waals surface area contributed by atoms with Gasteiger partial charge in [-0.05, 0) is 25.8 Å². The van der Waals surface area contributed by atoms with Crippen LogP contribution in [0.1, 0.15) is 26.2 Å². The smallest absolute Gasteiger partial charge is 0.310 e. The van der Waals surface area contributed by atoms with Crippen molar-refractivity contribution in [3.8, 4) is 0 Å². The molecule has 0 bridgehead atoms. The second-order valence-corrected chi connectivity index (χ2v) is 6.55. The van der Waals surface area contributed by atoms with Crippen LogP contribution in [0.5, 0.6) is 0 Å². The third-order valence-electron chi connectivity index (χ3n) is 3.62. The Morgan fingerprint density at radius 2 is 2.33 bits per heavy atom. The minimum absolute atomic E-state index is 0.127. The molecule has 1 heterocycles. The standard InChI is InChI=1S/C11H16N2O4S/c1-11(10(14)15)5-2-3-9(11)13-18(16,17)8-4-6-12-7-8/h4,6-7,9,12-13H,2-3,5H2,1H3,(H,14,15). The van der Waals surface area contributed by atoms with Gasteiger partial charge in [0.05, 0.1) is 10.3 Å². The van der Waals surface area contributed by atoms with Crippen molar-refractivity contribution in [2.24, 2.45) is 5.41 Å². The minimum Gasteiger partial charge on any atom is -0.481 e. The molecule has 0 radical (unpaired) electrons. The first-order valence-electron chi connectivity index (χ1n) is 5.75. The zero-order valence-corrected chi connectivity index (χ0v) is 10.8. The summed E-state index contributed by atoms with van der Waals surface area (Å²) >= 11 is 0. The lowest BCUT2D eigenvalue weighted by molar-refractivity contribution is -0.148. The first-order chi connectivity index (χ1) is 8.36. The van der Waals surface area contributed by atoms with Crippen LogP contribution in [0.2, 0.25) is 0 Å². The topological polar surface area (TPSA) is 99.3 Å². The van der Waals surface area contributed by atoms with E-state index in [1.165, 1.54) is 18.5 Å². The molecule has 0 saturated heterocycles. The highest BCUT2D eigenvalue weighted by atomic mass is 32.2. The Balaban J connectivity index is 2.22. The molecule has 0 aliphatic heterocycles. The highest BCUT2D eigenvalue weighted by Crippen LogP contribution is 2.38. The van der Waals surface area contributed by atoms with Crippen molar-refractivity contribution < 1.29 is 18.3 Å². The Labute approximate surface area is 105 Å². The molecule has 3 N–H and O–H groups in total. The van der Waals surface area contributed by atoms with Gasteiger partial charge in [0.25, 0.3) is 0 Å². The predicted molar refractivity (Wildman–Crippen MR) is 64.5 cm³/mol. The highest BCUT2D eigenvalue weighted by molar-refractivity contribution is 7.89. The molecule has 1 aliphatic carbocycles. The summed E-state index contributed by atoms with van der Waals surface area (Å²) in [6.45, 7) is 1.59. The fourth-order valence-electron chi connectivity index (χ4n) is 2.34. The van der Waals surface area contributed by atoms with E-state index in [9.17, 15) is 18.3 Å². The van der Waals surface area contributed by atoms with Crippen molar-refractivity contribution in [3.05, 3.63) is 18.5 Å². The molecule has 6 nitrogen and oxygen atoms in total. The van der Waals surface area contributed by atoms with Gasteiger partial charge in [-0.1, -0.05) is 6.42 Å². The highest BCUT2D eigenvalue weighted by Gasteiger charge is 2.46. The molecule has 100 valence electrons. The van der Waals surface area contributed by atoms with Gasteiger partial charge in [-0.2, -0.15) is 0 Å². The van der Waals surface area contributed by atoms with Gasteiger partial charge in [0, 0.05) is 18.4 Å². The maximum atomic E-state index is 12.0. The summed E-state index contributed by atoms with van der Waals surface area (Å²) < 4.78 is 26.6. The zero-order chi connectivity index (χ0) is 13.4. The lowest BCUT2D eigenvalue weighted by atomic mass is 9.85. The molecule has 18 heavy (non-hydrogen) atoms. The van der Waals surface area contributed by atoms with Crippen LogP contribution in [0, 0.1) is 5.41 Å². The van der Waals surface area contributed by atoms with Crippen LogP contribution < -0.4 is 4.72 Å². The molecular formula is C11H16N2O4S. The van der Waals surface area contributed by atoms with Gasteiger partial charge in [0.1, 0.15) is 0 Å². The molecule has 1 aromatic heterocycles. The van der Waals surface area contributed by atoms with Gasteiger partial charge >= 0.3 is 5.97 Å². The fraction of sp³-hybridized carbons (Fsp3) is 0.545. The molecule has 0 amide bonds. The second-order valence-electron chi connectivity index (χ2n) is 4.84. The number of aliphatic carboxylic acids is 1. The number of nitrogens with one attached hydrogen (secondary N) is 2. The molecule has 2 atom stereocenters. The van der Waals surface area contributed by atoms with Gasteiger partial charge in [0.15, 0.2) is 0 Å². The number of sulfonamides is 1. The number of rotatable bonds is 4. The SMILES string of the molecule is CC1(C(=O)O)CCCC1NS(=O)(=O)c1cc[nH]c1. The second kappa shape index (κ2) is 4.40. The van der Waals surface area contributed by atoms with E-state index >= 15 is 0 Å². The van der Waals surface area contributed by atoms with E-state index in [4.69, 9.17) is 0 Å². The summed E-state index contributed by atoms with van der Waals surface area (Å²) in [4.78, 5) is 14.1. The van der Waals surface area contributed by atoms with Crippen molar-refractivity contribution in [2.75, 3.05) is 0 Å². The summed E-state index contributed by atoms with van der Waals surface area (Å²) in [6, 6.07) is 0.880. The monoisotopic (exact) mass is 272 g/mol. The number of hydrogen-bond donors (Lipinski definition) is 3. The Kier molecular flexibility index (Phi) is 3.20. The molecule has 0 aromatic carbocycles. The lowest BCUT2D eigenvalue weighted by Crippen LogP contribution is -2.46. The fourth-order valence-corrected chi connectivity index (χ4v) is 3.70. The first kappa shape index (κ1) is 13.1. The number of aromatic amines is 1. The number of carboxylic acid groups (broad SMARTS) is 1. The summed E-state index contributed by atoms with van der Waals surface area (Å²) in [5.41, 5.74) is -1.02. The van der Waals surface area contributed by atoms with E-state index in [1.54, 1.807) is 6.92 Å². The van der Waals surface area contributed by atoms with Gasteiger partial charge in [-0.15, -0.1) is 0 Å². The average molecular weight is 272 g/mol. The van der Waals surface area contributed by atoms with Gasteiger partial charge in [-0.3, -0.25) is 4.79 Å². The third kappa shape index (κ3) is 2.15. The van der Waals surface area contributed by atoms with E-state index < -0.39 is 27.4 Å². The molecule has 1 saturated carbocycles. The number of aromatic nitrogens is 1. The number of H-pyrrole nitrogens is 1. The van der Waals surface area contributed by atoms with Crippen molar-refractivity contribution >= 4 is 16.0 Å². The summed E-state index contributed by atoms with van der Waals surface area (Å²) in [5, 5.41) is 9.23. The summed E-state index contributed by atoms with van der Waals surface area (Å²) in [5.74, 6) is -0.957. The minimum atomic E-state index is -3.65. The van der Waals surface area contributed by atoms with Crippen LogP contribution in [0.4, 0.5) is 0 Å². The van der Waals surface area contributed by atoms with Crippen molar-refractivity contribution in [1.82, 2.24) is 9.71 Å². The van der Waals surface area contributed by atoms with Crippen molar-refractivity contribution in [1.29, 1.82) is 0 Å². The van der Waals surface area contributed by atoms with Gasteiger partial charge in [0.2, 0.25) is 10.0 Å². The van der Waals surface area contributed by atoms with Crippen LogP contribution in [-0.4, -0.2) is 30.5 Å². The molecule has 1 fully saturated rings. The Bertz CT molecular complexity index is 537. The van der Waals surface area contributed by atoms with E-state index in [1.807, 2.05) is 0 Å². The van der Waals surface area contributed by atoms with E-state index in [0.717, 1.165) is 0 Å². The number of carboxylic acids is 1. The van der Waals surface area contributed by atoms with Crippen LogP contribution in [0.15, 0.2) is 23.4 Å². The van der Waals surface area contributed by atoms with Crippen molar-refractivity contribution in [3.63, 3.8) is 0 Å². The van der Waals surface area contributed by atoms with E-state index in [0.29, 0.717) is 19.3 Å². The normalized spacial score (nSPS) is 28.4. The number of hydrogen-bond acceptors (Lipinski definition) is 3. The molecule has 2 rings (SSSR count). The molecule has 1 aliphatic rings. The largest absolute Gasteiger partial charge is 0.481 e. The predicted octanol–water partition coefficient (Wildman–Crippen LogP) is 0.936. The van der Waals surface area contributed by atoms with Gasteiger partial charge in [-0.25, -0.2) is 13.1 Å². The summed E-state index contributed by atoms with van der Waals surface area (Å²) in [6.07, 6.45) is 4.63. The van der Waals surface area contributed by atoms with Crippen LogP contribution in [0.25, 0.3) is 0 Å². The molecule has 0 spiro atoms. The van der Waals surface area contributed by atoms with E-state index in [-0.39, 0.29) is 4.90 Å². The summed E-state index contributed by atoms with van der Waals surface area (Å²) in [7, 11) is -3.65. The maximum absolute atomic E-state index is 12.0.